The minimum absolute atomic E-state index is 0.0395. The minimum atomic E-state index is -0.381. The smallest absolute Gasteiger partial charge is 0.254 e. The zero-order valence-corrected chi connectivity index (χ0v) is 13.7. The lowest BCUT2D eigenvalue weighted by atomic mass is 10.1. The highest BCUT2D eigenvalue weighted by molar-refractivity contribution is 5.94. The van der Waals surface area contributed by atoms with Gasteiger partial charge in [-0.25, -0.2) is 4.39 Å². The average molecular weight is 334 g/mol. The number of rotatable bonds is 3. The van der Waals surface area contributed by atoms with Crippen molar-refractivity contribution in [2.24, 2.45) is 0 Å². The van der Waals surface area contributed by atoms with Gasteiger partial charge in [-0.15, -0.1) is 0 Å². The van der Waals surface area contributed by atoms with Crippen LogP contribution >= 0.6 is 0 Å². The molecule has 0 saturated carbocycles. The van der Waals surface area contributed by atoms with E-state index in [0.29, 0.717) is 31.4 Å². The molecule has 0 N–H and O–H groups in total. The van der Waals surface area contributed by atoms with Crippen LogP contribution < -0.4 is 0 Å². The quantitative estimate of drug-likeness (QED) is 0.841. The van der Waals surface area contributed by atoms with E-state index in [1.807, 2.05) is 0 Å². The number of halogens is 1. The largest absolute Gasteiger partial charge is 0.377 e. The van der Waals surface area contributed by atoms with Gasteiger partial charge in [-0.3, -0.25) is 9.69 Å². The van der Waals surface area contributed by atoms with Crippen LogP contribution in [0, 0.1) is 5.82 Å². The molecule has 3 fully saturated rings. The third-order valence-corrected chi connectivity index (χ3v) is 5.24. The predicted molar refractivity (Wildman–Crippen MR) is 86.4 cm³/mol. The summed E-state index contributed by atoms with van der Waals surface area (Å²) in [5.74, 6) is -0.502. The number of fused-ring (bicyclic) bond motifs is 1. The summed E-state index contributed by atoms with van der Waals surface area (Å²) in [5.41, 5.74) is 0.402. The zero-order chi connectivity index (χ0) is 16.5. The van der Waals surface area contributed by atoms with Gasteiger partial charge in [-0.1, -0.05) is 6.07 Å². The van der Waals surface area contributed by atoms with Gasteiger partial charge in [0.25, 0.3) is 5.91 Å². The molecular formula is C18H23FN2O3. The number of carbonyl (C=O) groups excluding carboxylic acids is 1. The lowest BCUT2D eigenvalue weighted by Crippen LogP contribution is -2.52. The first-order valence-corrected chi connectivity index (χ1v) is 8.73. The lowest BCUT2D eigenvalue weighted by Gasteiger charge is -2.37. The Labute approximate surface area is 141 Å². The summed E-state index contributed by atoms with van der Waals surface area (Å²) in [4.78, 5) is 16.8. The summed E-state index contributed by atoms with van der Waals surface area (Å²) in [5, 5.41) is 0. The number of nitrogens with zero attached hydrogens (tertiary/aromatic N) is 2. The SMILES string of the molecule is O=C(c1cccc(F)c1)N1C[C@@H]2OCCN(CC3CCCO3)[C@@H]2C1. The Kier molecular flexibility index (Phi) is 4.52. The number of ether oxygens (including phenoxy) is 2. The molecule has 4 rings (SSSR count). The highest BCUT2D eigenvalue weighted by Crippen LogP contribution is 2.26. The summed E-state index contributed by atoms with van der Waals surface area (Å²) in [7, 11) is 0. The second-order valence-electron chi connectivity index (χ2n) is 6.83. The summed E-state index contributed by atoms with van der Waals surface area (Å²) in [6, 6.07) is 6.10. The molecule has 0 aliphatic carbocycles. The van der Waals surface area contributed by atoms with Crippen LogP contribution in [0.1, 0.15) is 23.2 Å². The van der Waals surface area contributed by atoms with Gasteiger partial charge in [0.2, 0.25) is 0 Å². The van der Waals surface area contributed by atoms with Crippen molar-refractivity contribution in [3.05, 3.63) is 35.6 Å². The van der Waals surface area contributed by atoms with E-state index in [4.69, 9.17) is 9.47 Å². The molecule has 1 amide bonds. The maximum absolute atomic E-state index is 13.4. The molecule has 0 bridgehead atoms. The number of amides is 1. The van der Waals surface area contributed by atoms with Gasteiger partial charge in [0.05, 0.1) is 24.9 Å². The number of likely N-dealkylation sites (tertiary alicyclic amines) is 1. The number of carbonyl (C=O) groups is 1. The summed E-state index contributed by atoms with van der Waals surface area (Å²) >= 11 is 0. The van der Waals surface area contributed by atoms with E-state index < -0.39 is 0 Å². The van der Waals surface area contributed by atoms with Crippen molar-refractivity contribution in [3.8, 4) is 0 Å². The molecule has 3 atom stereocenters. The van der Waals surface area contributed by atoms with Crippen LogP contribution in [0.5, 0.6) is 0 Å². The molecule has 24 heavy (non-hydrogen) atoms. The van der Waals surface area contributed by atoms with E-state index >= 15 is 0 Å². The Morgan fingerprint density at radius 2 is 2.17 bits per heavy atom. The molecule has 1 aromatic carbocycles. The molecule has 0 spiro atoms. The van der Waals surface area contributed by atoms with Gasteiger partial charge >= 0.3 is 0 Å². The summed E-state index contributed by atoms with van der Waals surface area (Å²) in [6.45, 7) is 4.54. The zero-order valence-electron chi connectivity index (χ0n) is 13.7. The molecule has 6 heteroatoms. The molecule has 0 aromatic heterocycles. The maximum Gasteiger partial charge on any atom is 0.254 e. The fourth-order valence-electron chi connectivity index (χ4n) is 4.00. The number of morpholine rings is 1. The van der Waals surface area contributed by atoms with Gasteiger partial charge in [-0.2, -0.15) is 0 Å². The second kappa shape index (κ2) is 6.78. The molecular weight excluding hydrogens is 311 g/mol. The Balaban J connectivity index is 1.44. The van der Waals surface area contributed by atoms with Crippen LogP contribution in [0.3, 0.4) is 0 Å². The fourth-order valence-corrected chi connectivity index (χ4v) is 4.00. The number of hydrogen-bond acceptors (Lipinski definition) is 4. The Morgan fingerprint density at radius 3 is 2.96 bits per heavy atom. The standard InChI is InChI=1S/C18H23FN2O3/c19-14-4-1-3-13(9-14)18(22)21-11-16-17(12-21)24-8-6-20(16)10-15-5-2-7-23-15/h1,3-4,9,15-17H,2,5-8,10-12H2/t15?,16-,17+/m1/s1. The van der Waals surface area contributed by atoms with Crippen molar-refractivity contribution in [2.45, 2.75) is 31.1 Å². The molecule has 3 aliphatic heterocycles. The van der Waals surface area contributed by atoms with Crippen molar-refractivity contribution in [2.75, 3.05) is 39.4 Å². The maximum atomic E-state index is 13.4. The molecule has 1 aromatic rings. The van der Waals surface area contributed by atoms with Crippen molar-refractivity contribution in [1.29, 1.82) is 0 Å². The molecule has 5 nitrogen and oxygen atoms in total. The number of benzene rings is 1. The first-order valence-electron chi connectivity index (χ1n) is 8.73. The van der Waals surface area contributed by atoms with Crippen molar-refractivity contribution < 1.29 is 18.7 Å². The van der Waals surface area contributed by atoms with Gasteiger partial charge in [0.15, 0.2) is 0 Å². The van der Waals surface area contributed by atoms with Gasteiger partial charge in [0, 0.05) is 38.3 Å². The Morgan fingerprint density at radius 1 is 1.25 bits per heavy atom. The molecule has 130 valence electrons. The van der Waals surface area contributed by atoms with E-state index in [2.05, 4.69) is 4.90 Å². The molecule has 3 heterocycles. The topological polar surface area (TPSA) is 42.0 Å². The van der Waals surface area contributed by atoms with E-state index in [0.717, 1.165) is 32.5 Å². The normalized spacial score (nSPS) is 30.5. The van der Waals surface area contributed by atoms with Crippen LogP contribution in [0.2, 0.25) is 0 Å². The van der Waals surface area contributed by atoms with Crippen LogP contribution in [-0.2, 0) is 9.47 Å². The van der Waals surface area contributed by atoms with Crippen LogP contribution in [0.25, 0.3) is 0 Å². The fraction of sp³-hybridized carbons (Fsp3) is 0.611. The van der Waals surface area contributed by atoms with Crippen molar-refractivity contribution >= 4 is 5.91 Å². The Bertz CT molecular complexity index is 606. The molecule has 3 aliphatic rings. The van der Waals surface area contributed by atoms with Crippen molar-refractivity contribution in [3.63, 3.8) is 0 Å². The van der Waals surface area contributed by atoms with Gasteiger partial charge < -0.3 is 14.4 Å². The van der Waals surface area contributed by atoms with Crippen LogP contribution in [0.15, 0.2) is 24.3 Å². The third-order valence-electron chi connectivity index (χ3n) is 5.24. The van der Waals surface area contributed by atoms with Gasteiger partial charge in [0.1, 0.15) is 5.82 Å². The monoisotopic (exact) mass is 334 g/mol. The highest BCUT2D eigenvalue weighted by atomic mass is 19.1. The predicted octanol–water partition coefficient (Wildman–Crippen LogP) is 1.53. The first-order chi connectivity index (χ1) is 11.7. The van der Waals surface area contributed by atoms with E-state index in [1.54, 1.807) is 17.0 Å². The first kappa shape index (κ1) is 16.0. The Hall–Kier alpha value is -1.50. The molecule has 1 unspecified atom stereocenters. The average Bonchev–Trinajstić information content (AvgIpc) is 3.24. The van der Waals surface area contributed by atoms with Crippen LogP contribution in [0.4, 0.5) is 4.39 Å². The van der Waals surface area contributed by atoms with Crippen molar-refractivity contribution in [1.82, 2.24) is 9.80 Å². The van der Waals surface area contributed by atoms with Gasteiger partial charge in [-0.05, 0) is 31.0 Å². The minimum Gasteiger partial charge on any atom is -0.377 e. The summed E-state index contributed by atoms with van der Waals surface area (Å²) < 4.78 is 25.0. The lowest BCUT2D eigenvalue weighted by molar-refractivity contribution is -0.0614. The molecule has 0 radical (unpaired) electrons. The highest BCUT2D eigenvalue weighted by Gasteiger charge is 2.42. The van der Waals surface area contributed by atoms with E-state index in [9.17, 15) is 9.18 Å². The van der Waals surface area contributed by atoms with E-state index in [-0.39, 0.29) is 23.9 Å². The summed E-state index contributed by atoms with van der Waals surface area (Å²) in [6.07, 6.45) is 2.59. The number of hydrogen-bond donors (Lipinski definition) is 0. The second-order valence-corrected chi connectivity index (χ2v) is 6.83. The molecule has 3 saturated heterocycles. The third kappa shape index (κ3) is 3.18. The van der Waals surface area contributed by atoms with Crippen LogP contribution in [-0.4, -0.2) is 73.3 Å². The van der Waals surface area contributed by atoms with E-state index in [1.165, 1.54) is 12.1 Å².